The number of hydrogen-bond acceptors (Lipinski definition) is 4. The second-order valence-electron chi connectivity index (χ2n) is 5.31. The van der Waals surface area contributed by atoms with Gasteiger partial charge in [-0.05, 0) is 31.8 Å². The first-order valence-corrected chi connectivity index (χ1v) is 6.64. The van der Waals surface area contributed by atoms with Crippen LogP contribution in [0, 0.1) is 5.92 Å². The van der Waals surface area contributed by atoms with Crippen LogP contribution < -0.4 is 16.4 Å². The van der Waals surface area contributed by atoms with Gasteiger partial charge in [0.2, 0.25) is 11.8 Å². The van der Waals surface area contributed by atoms with Gasteiger partial charge in [0.1, 0.15) is 0 Å². The number of hydrogen-bond donors (Lipinski definition) is 3. The number of rotatable bonds is 5. The normalized spacial score (nSPS) is 22.4. The van der Waals surface area contributed by atoms with Crippen molar-refractivity contribution in [2.75, 3.05) is 32.7 Å². The maximum Gasteiger partial charge on any atom is 0.231 e. The monoisotopic (exact) mass is 254 g/mol. The average Bonchev–Trinajstić information content (AvgIpc) is 2.26. The number of nitrogens with two attached hydrogens (primary N) is 1. The fourth-order valence-electron chi connectivity index (χ4n) is 2.50. The van der Waals surface area contributed by atoms with Crippen molar-refractivity contribution in [3.05, 3.63) is 0 Å². The molecule has 0 aromatic rings. The van der Waals surface area contributed by atoms with Gasteiger partial charge in [0, 0.05) is 25.6 Å². The van der Waals surface area contributed by atoms with E-state index < -0.39 is 0 Å². The highest BCUT2D eigenvalue weighted by Gasteiger charge is 2.24. The molecule has 2 aliphatic rings. The zero-order valence-electron chi connectivity index (χ0n) is 10.7. The number of nitrogens with zero attached hydrogens (tertiary/aromatic N) is 1. The van der Waals surface area contributed by atoms with Crippen LogP contribution in [0.2, 0.25) is 0 Å². The van der Waals surface area contributed by atoms with Crippen molar-refractivity contribution in [1.29, 1.82) is 0 Å². The summed E-state index contributed by atoms with van der Waals surface area (Å²) in [6, 6.07) is 0.259. The molecule has 0 radical (unpaired) electrons. The van der Waals surface area contributed by atoms with Gasteiger partial charge in [0.05, 0.1) is 6.54 Å². The molecule has 2 heterocycles. The van der Waals surface area contributed by atoms with Crippen molar-refractivity contribution >= 4 is 11.8 Å². The summed E-state index contributed by atoms with van der Waals surface area (Å²) in [6.07, 6.45) is 2.44. The Labute approximate surface area is 107 Å². The molecule has 0 spiro atoms. The molecule has 0 atom stereocenters. The van der Waals surface area contributed by atoms with Crippen LogP contribution in [0.3, 0.4) is 0 Å². The molecule has 0 bridgehead atoms. The molecular formula is C12H22N4O2. The molecule has 0 aromatic heterocycles. The molecule has 6 heteroatoms. The third kappa shape index (κ3) is 3.96. The molecule has 0 aromatic carbocycles. The average molecular weight is 254 g/mol. The van der Waals surface area contributed by atoms with Gasteiger partial charge in [-0.15, -0.1) is 0 Å². The zero-order chi connectivity index (χ0) is 13.0. The van der Waals surface area contributed by atoms with E-state index in [0.29, 0.717) is 18.9 Å². The van der Waals surface area contributed by atoms with Gasteiger partial charge in [-0.25, -0.2) is 0 Å². The van der Waals surface area contributed by atoms with E-state index in [2.05, 4.69) is 10.6 Å². The molecule has 6 nitrogen and oxygen atoms in total. The van der Waals surface area contributed by atoms with E-state index in [0.717, 1.165) is 39.0 Å². The van der Waals surface area contributed by atoms with Gasteiger partial charge in [-0.1, -0.05) is 0 Å². The van der Waals surface area contributed by atoms with Gasteiger partial charge < -0.3 is 16.4 Å². The largest absolute Gasteiger partial charge is 0.369 e. The van der Waals surface area contributed by atoms with E-state index >= 15 is 0 Å². The fourth-order valence-corrected chi connectivity index (χ4v) is 2.50. The van der Waals surface area contributed by atoms with Crippen molar-refractivity contribution in [2.45, 2.75) is 25.3 Å². The highest BCUT2D eigenvalue weighted by molar-refractivity contribution is 5.77. The molecule has 2 aliphatic heterocycles. The second kappa shape index (κ2) is 6.15. The van der Waals surface area contributed by atoms with Crippen molar-refractivity contribution in [3.63, 3.8) is 0 Å². The lowest BCUT2D eigenvalue weighted by Crippen LogP contribution is -2.49. The Hall–Kier alpha value is -1.14. The third-order valence-corrected chi connectivity index (χ3v) is 3.67. The van der Waals surface area contributed by atoms with E-state index in [9.17, 15) is 9.59 Å². The van der Waals surface area contributed by atoms with Crippen LogP contribution in [0.15, 0.2) is 0 Å². The zero-order valence-corrected chi connectivity index (χ0v) is 10.7. The number of carbonyl (C=O) groups excluding carboxylic acids is 2. The van der Waals surface area contributed by atoms with E-state index in [-0.39, 0.29) is 17.9 Å². The number of carbonyl (C=O) groups is 2. The first kappa shape index (κ1) is 13.3. The molecule has 0 aliphatic carbocycles. The van der Waals surface area contributed by atoms with E-state index in [1.807, 2.05) is 4.90 Å². The summed E-state index contributed by atoms with van der Waals surface area (Å²) in [7, 11) is 0. The fraction of sp³-hybridized carbons (Fsp3) is 0.833. The topological polar surface area (TPSA) is 87.5 Å². The number of piperidine rings is 1. The SMILES string of the molecule is NC(=O)CN1CCC(NC(=O)CC2CNC2)CC1. The third-order valence-electron chi connectivity index (χ3n) is 3.67. The first-order valence-electron chi connectivity index (χ1n) is 6.64. The van der Waals surface area contributed by atoms with Gasteiger partial charge >= 0.3 is 0 Å². The molecule has 2 saturated heterocycles. The minimum absolute atomic E-state index is 0.162. The lowest BCUT2D eigenvalue weighted by atomic mass is 9.98. The predicted molar refractivity (Wildman–Crippen MR) is 67.8 cm³/mol. The van der Waals surface area contributed by atoms with Crippen LogP contribution in [0.1, 0.15) is 19.3 Å². The minimum atomic E-state index is -0.282. The quantitative estimate of drug-likeness (QED) is 0.567. The minimum Gasteiger partial charge on any atom is -0.369 e. The van der Waals surface area contributed by atoms with Gasteiger partial charge in [0.15, 0.2) is 0 Å². The molecule has 0 saturated carbocycles. The summed E-state index contributed by atoms with van der Waals surface area (Å²) in [5, 5.41) is 6.25. The van der Waals surface area contributed by atoms with Gasteiger partial charge in [-0.3, -0.25) is 14.5 Å². The molecular weight excluding hydrogens is 232 g/mol. The Balaban J connectivity index is 1.63. The summed E-state index contributed by atoms with van der Waals surface area (Å²) < 4.78 is 0. The van der Waals surface area contributed by atoms with Crippen LogP contribution >= 0.6 is 0 Å². The lowest BCUT2D eigenvalue weighted by Gasteiger charge is -2.32. The molecule has 4 N–H and O–H groups in total. The van der Waals surface area contributed by atoms with Crippen LogP contribution in [0.5, 0.6) is 0 Å². The van der Waals surface area contributed by atoms with E-state index in [1.54, 1.807) is 0 Å². The molecule has 2 amide bonds. The number of likely N-dealkylation sites (tertiary alicyclic amines) is 1. The molecule has 102 valence electrons. The summed E-state index contributed by atoms with van der Waals surface area (Å²) >= 11 is 0. The number of amides is 2. The molecule has 0 unspecified atom stereocenters. The maximum atomic E-state index is 11.7. The van der Waals surface area contributed by atoms with Crippen LogP contribution in [0.4, 0.5) is 0 Å². The van der Waals surface area contributed by atoms with Crippen LogP contribution in [-0.4, -0.2) is 55.5 Å². The molecule has 2 fully saturated rings. The Morgan fingerprint density at radius 3 is 2.44 bits per heavy atom. The Morgan fingerprint density at radius 1 is 1.28 bits per heavy atom. The standard InChI is InChI=1S/C12H22N4O2/c13-11(17)8-16-3-1-10(2-4-16)15-12(18)5-9-6-14-7-9/h9-10,14H,1-8H2,(H2,13,17)(H,15,18). The smallest absolute Gasteiger partial charge is 0.231 e. The molecule has 18 heavy (non-hydrogen) atoms. The second-order valence-corrected chi connectivity index (χ2v) is 5.31. The van der Waals surface area contributed by atoms with E-state index in [4.69, 9.17) is 5.73 Å². The highest BCUT2D eigenvalue weighted by atomic mass is 16.2. The highest BCUT2D eigenvalue weighted by Crippen LogP contribution is 2.12. The number of primary amides is 1. The maximum absolute atomic E-state index is 11.7. The van der Waals surface area contributed by atoms with Crippen LogP contribution in [-0.2, 0) is 9.59 Å². The Morgan fingerprint density at radius 2 is 1.94 bits per heavy atom. The van der Waals surface area contributed by atoms with Crippen molar-refractivity contribution in [2.24, 2.45) is 11.7 Å². The van der Waals surface area contributed by atoms with Crippen molar-refractivity contribution in [3.8, 4) is 0 Å². The number of nitrogens with one attached hydrogen (secondary N) is 2. The lowest BCUT2D eigenvalue weighted by molar-refractivity contribution is -0.124. The first-order chi connectivity index (χ1) is 8.63. The van der Waals surface area contributed by atoms with E-state index in [1.165, 1.54) is 0 Å². The van der Waals surface area contributed by atoms with Crippen molar-refractivity contribution in [1.82, 2.24) is 15.5 Å². The van der Waals surface area contributed by atoms with Gasteiger partial charge in [0.25, 0.3) is 0 Å². The summed E-state index contributed by atoms with van der Waals surface area (Å²) in [4.78, 5) is 24.6. The summed E-state index contributed by atoms with van der Waals surface area (Å²) in [5.74, 6) is 0.393. The molecule has 2 rings (SSSR count). The van der Waals surface area contributed by atoms with Crippen molar-refractivity contribution < 1.29 is 9.59 Å². The van der Waals surface area contributed by atoms with Gasteiger partial charge in [-0.2, -0.15) is 0 Å². The summed E-state index contributed by atoms with van der Waals surface area (Å²) in [5.41, 5.74) is 5.16. The Bertz CT molecular complexity index is 309. The summed E-state index contributed by atoms with van der Waals surface area (Å²) in [6.45, 7) is 3.92. The Kier molecular flexibility index (Phi) is 4.54. The predicted octanol–water partition coefficient (Wildman–Crippen LogP) is -1.34. The van der Waals surface area contributed by atoms with Crippen LogP contribution in [0.25, 0.3) is 0 Å².